The number of hydrogen-bond acceptors (Lipinski definition) is 4. The van der Waals surface area contributed by atoms with E-state index in [9.17, 15) is 4.79 Å². The Morgan fingerprint density at radius 3 is 2.84 bits per heavy atom. The number of carbonyl (C=O) groups excluding carboxylic acids is 1. The van der Waals surface area contributed by atoms with Gasteiger partial charge in [-0.2, -0.15) is 0 Å². The average Bonchev–Trinajstić information content (AvgIpc) is 3.13. The number of hydrogen-bond donors (Lipinski definition) is 1. The van der Waals surface area contributed by atoms with Gasteiger partial charge in [0.15, 0.2) is 0 Å². The molecule has 4 nitrogen and oxygen atoms in total. The van der Waals surface area contributed by atoms with E-state index in [0.29, 0.717) is 6.04 Å². The Hall–Kier alpha value is -0.610. The van der Waals surface area contributed by atoms with Gasteiger partial charge in [-0.1, -0.05) is 13.3 Å². The van der Waals surface area contributed by atoms with Gasteiger partial charge in [0.2, 0.25) is 0 Å². The molecule has 2 rings (SSSR count). The number of nitrogens with zero attached hydrogens (tertiary/aromatic N) is 1. The number of nitrogens with one attached hydrogen (secondary N) is 1. The minimum Gasteiger partial charge on any atom is -0.468 e. The molecule has 1 saturated heterocycles. The lowest BCUT2D eigenvalue weighted by Crippen LogP contribution is -2.41. The van der Waals surface area contributed by atoms with Crippen LogP contribution in [0.3, 0.4) is 0 Å². The van der Waals surface area contributed by atoms with E-state index in [0.717, 1.165) is 18.9 Å². The van der Waals surface area contributed by atoms with E-state index >= 15 is 0 Å². The molecule has 1 saturated carbocycles. The van der Waals surface area contributed by atoms with Crippen LogP contribution in [0.2, 0.25) is 0 Å². The predicted molar refractivity (Wildman–Crippen MR) is 76.0 cm³/mol. The van der Waals surface area contributed by atoms with E-state index in [1.165, 1.54) is 52.3 Å². The first-order chi connectivity index (χ1) is 9.22. The average molecular weight is 268 g/mol. The van der Waals surface area contributed by atoms with Crippen molar-refractivity contribution in [2.24, 2.45) is 5.92 Å². The fourth-order valence-corrected chi connectivity index (χ4v) is 3.02. The maximum absolute atomic E-state index is 11.7. The lowest BCUT2D eigenvalue weighted by Gasteiger charge is -2.21. The van der Waals surface area contributed by atoms with Gasteiger partial charge in [-0.25, -0.2) is 0 Å². The molecule has 1 aliphatic carbocycles. The molecule has 2 aliphatic rings. The summed E-state index contributed by atoms with van der Waals surface area (Å²) in [6.07, 6.45) is 7.24. The molecule has 2 unspecified atom stereocenters. The van der Waals surface area contributed by atoms with Crippen LogP contribution in [-0.4, -0.2) is 49.7 Å². The Kier molecular flexibility index (Phi) is 5.64. The number of ether oxygens (including phenoxy) is 1. The van der Waals surface area contributed by atoms with Crippen molar-refractivity contribution >= 4 is 5.97 Å². The van der Waals surface area contributed by atoms with Crippen molar-refractivity contribution in [3.63, 3.8) is 0 Å². The van der Waals surface area contributed by atoms with Crippen LogP contribution in [0, 0.1) is 5.92 Å². The summed E-state index contributed by atoms with van der Waals surface area (Å²) in [6.45, 7) is 5.68. The molecule has 2 atom stereocenters. The van der Waals surface area contributed by atoms with Crippen molar-refractivity contribution < 1.29 is 9.53 Å². The molecule has 110 valence electrons. The SMILES string of the molecule is CCCC1CCN(CCC(NC2CC2)C(=O)OC)C1. The first kappa shape index (κ1) is 14.8. The largest absolute Gasteiger partial charge is 0.468 e. The van der Waals surface area contributed by atoms with Gasteiger partial charge in [-0.3, -0.25) is 4.79 Å². The summed E-state index contributed by atoms with van der Waals surface area (Å²) in [7, 11) is 1.48. The van der Waals surface area contributed by atoms with Gasteiger partial charge < -0.3 is 15.0 Å². The van der Waals surface area contributed by atoms with E-state index < -0.39 is 0 Å². The first-order valence-electron chi connectivity index (χ1n) is 7.79. The second-order valence-corrected chi connectivity index (χ2v) is 6.05. The molecule has 0 aromatic heterocycles. The molecular weight excluding hydrogens is 240 g/mol. The minimum absolute atomic E-state index is 0.101. The van der Waals surface area contributed by atoms with Gasteiger partial charge in [0.25, 0.3) is 0 Å². The minimum atomic E-state index is -0.109. The molecule has 0 aromatic carbocycles. The number of rotatable bonds is 8. The predicted octanol–water partition coefficient (Wildman–Crippen LogP) is 1.79. The number of likely N-dealkylation sites (tertiary alicyclic amines) is 1. The van der Waals surface area contributed by atoms with E-state index in [4.69, 9.17) is 4.74 Å². The zero-order valence-corrected chi connectivity index (χ0v) is 12.4. The number of carbonyl (C=O) groups is 1. The third-order valence-corrected chi connectivity index (χ3v) is 4.30. The number of methoxy groups -OCH3 is 1. The summed E-state index contributed by atoms with van der Waals surface area (Å²) in [5.74, 6) is 0.772. The van der Waals surface area contributed by atoms with Crippen molar-refractivity contribution in [1.29, 1.82) is 0 Å². The fourth-order valence-electron chi connectivity index (χ4n) is 3.02. The summed E-state index contributed by atoms with van der Waals surface area (Å²) in [4.78, 5) is 14.2. The van der Waals surface area contributed by atoms with Crippen LogP contribution in [0.15, 0.2) is 0 Å². The summed E-state index contributed by atoms with van der Waals surface area (Å²) in [5.41, 5.74) is 0. The molecule has 0 spiro atoms. The zero-order chi connectivity index (χ0) is 13.7. The lowest BCUT2D eigenvalue weighted by molar-refractivity contribution is -0.143. The second kappa shape index (κ2) is 7.25. The standard InChI is InChI=1S/C15H28N2O2/c1-3-4-12-7-9-17(11-12)10-8-14(15(18)19-2)16-13-5-6-13/h12-14,16H,3-11H2,1-2H3. The van der Waals surface area contributed by atoms with E-state index in [-0.39, 0.29) is 12.0 Å². The monoisotopic (exact) mass is 268 g/mol. The maximum Gasteiger partial charge on any atom is 0.322 e. The Bertz CT molecular complexity index is 292. The topological polar surface area (TPSA) is 41.6 Å². The molecule has 0 amide bonds. The lowest BCUT2D eigenvalue weighted by atomic mass is 10.0. The Morgan fingerprint density at radius 2 is 2.21 bits per heavy atom. The second-order valence-electron chi connectivity index (χ2n) is 6.05. The molecule has 0 bridgehead atoms. The normalized spacial score (nSPS) is 25.5. The quantitative estimate of drug-likeness (QED) is 0.682. The van der Waals surface area contributed by atoms with Crippen LogP contribution in [0.1, 0.15) is 45.4 Å². The van der Waals surface area contributed by atoms with Gasteiger partial charge >= 0.3 is 5.97 Å². The van der Waals surface area contributed by atoms with Crippen molar-refractivity contribution in [3.05, 3.63) is 0 Å². The molecule has 2 fully saturated rings. The molecule has 0 aromatic rings. The van der Waals surface area contributed by atoms with Crippen LogP contribution >= 0.6 is 0 Å². The maximum atomic E-state index is 11.7. The van der Waals surface area contributed by atoms with Gasteiger partial charge in [-0.15, -0.1) is 0 Å². The Balaban J connectivity index is 1.70. The van der Waals surface area contributed by atoms with Gasteiger partial charge in [-0.05, 0) is 44.6 Å². The van der Waals surface area contributed by atoms with E-state index in [2.05, 4.69) is 17.1 Å². The van der Waals surface area contributed by atoms with E-state index in [1.54, 1.807) is 0 Å². The summed E-state index contributed by atoms with van der Waals surface area (Å²) >= 11 is 0. The summed E-state index contributed by atoms with van der Waals surface area (Å²) < 4.78 is 4.90. The van der Waals surface area contributed by atoms with Crippen molar-refractivity contribution in [3.8, 4) is 0 Å². The highest BCUT2D eigenvalue weighted by atomic mass is 16.5. The number of esters is 1. The molecular formula is C15H28N2O2. The molecule has 1 aliphatic heterocycles. The highest BCUT2D eigenvalue weighted by Crippen LogP contribution is 2.22. The molecule has 1 heterocycles. The summed E-state index contributed by atoms with van der Waals surface area (Å²) in [5, 5.41) is 3.40. The van der Waals surface area contributed by atoms with Gasteiger partial charge in [0.1, 0.15) is 6.04 Å². The van der Waals surface area contributed by atoms with Crippen LogP contribution in [0.25, 0.3) is 0 Å². The smallest absolute Gasteiger partial charge is 0.322 e. The fraction of sp³-hybridized carbons (Fsp3) is 0.933. The van der Waals surface area contributed by atoms with Crippen molar-refractivity contribution in [2.75, 3.05) is 26.7 Å². The molecule has 1 N–H and O–H groups in total. The molecule has 0 radical (unpaired) electrons. The van der Waals surface area contributed by atoms with Crippen LogP contribution in [0.5, 0.6) is 0 Å². The van der Waals surface area contributed by atoms with Crippen molar-refractivity contribution in [2.45, 2.75) is 57.5 Å². The Morgan fingerprint density at radius 1 is 1.42 bits per heavy atom. The highest BCUT2D eigenvalue weighted by molar-refractivity contribution is 5.75. The molecule has 4 heteroatoms. The third kappa shape index (κ3) is 4.77. The van der Waals surface area contributed by atoms with Gasteiger partial charge in [0.05, 0.1) is 7.11 Å². The van der Waals surface area contributed by atoms with Crippen molar-refractivity contribution in [1.82, 2.24) is 10.2 Å². The Labute approximate surface area is 116 Å². The first-order valence-corrected chi connectivity index (χ1v) is 7.79. The van der Waals surface area contributed by atoms with Crippen LogP contribution in [-0.2, 0) is 9.53 Å². The van der Waals surface area contributed by atoms with E-state index in [1.807, 2.05) is 0 Å². The van der Waals surface area contributed by atoms with Crippen LogP contribution < -0.4 is 5.32 Å². The zero-order valence-electron chi connectivity index (χ0n) is 12.4. The highest BCUT2D eigenvalue weighted by Gasteiger charge is 2.30. The van der Waals surface area contributed by atoms with Crippen LogP contribution in [0.4, 0.5) is 0 Å². The van der Waals surface area contributed by atoms with Gasteiger partial charge in [0, 0.05) is 19.1 Å². The summed E-state index contributed by atoms with van der Waals surface area (Å²) in [6, 6.07) is 0.443. The third-order valence-electron chi connectivity index (χ3n) is 4.30. The molecule has 19 heavy (non-hydrogen) atoms.